The third kappa shape index (κ3) is 5.15. The molecule has 1 aromatic carbocycles. The lowest BCUT2D eigenvalue weighted by atomic mass is 9.99. The van der Waals surface area contributed by atoms with Crippen LogP contribution in [-0.2, 0) is 28.4 Å². The van der Waals surface area contributed by atoms with Gasteiger partial charge in [-0.25, -0.2) is 8.42 Å². The summed E-state index contributed by atoms with van der Waals surface area (Å²) in [6.07, 6.45) is -4.55. The molecule has 0 aromatic heterocycles. The van der Waals surface area contributed by atoms with Gasteiger partial charge < -0.3 is 5.73 Å². The van der Waals surface area contributed by atoms with Crippen LogP contribution >= 0.6 is 12.2 Å². The normalized spacial score (nSPS) is 12.2. The zero-order valence-corrected chi connectivity index (χ0v) is 14.4. The molecule has 10 heteroatoms. The molecule has 0 aliphatic rings. The Morgan fingerprint density at radius 2 is 2.04 bits per heavy atom. The first-order valence-electron chi connectivity index (χ1n) is 6.84. The summed E-state index contributed by atoms with van der Waals surface area (Å²) in [5.41, 5.74) is 4.41. The van der Waals surface area contributed by atoms with Gasteiger partial charge in [-0.15, -0.1) is 0 Å². The third-order valence-corrected chi connectivity index (χ3v) is 5.09. The van der Waals surface area contributed by atoms with Crippen LogP contribution in [0.4, 0.5) is 13.2 Å². The zero-order chi connectivity index (χ0) is 18.5. The van der Waals surface area contributed by atoms with E-state index in [1.165, 1.54) is 13.0 Å². The van der Waals surface area contributed by atoms with Crippen molar-refractivity contribution in [2.45, 2.75) is 25.3 Å². The standard InChI is InChI=1S/C14H16F3N3O2S2/c1-2-11-10(4-3-5-12(11)14(15,16)17)9-24(21,22)20(7-6-18)8-13(19)23/h3-5H,2,7-9H2,1H3,(H2,19,23). The Hall–Kier alpha value is -1.70. The Bertz CT molecular complexity index is 756. The largest absolute Gasteiger partial charge is 0.416 e. The monoisotopic (exact) mass is 379 g/mol. The van der Waals surface area contributed by atoms with Crippen molar-refractivity contribution < 1.29 is 21.6 Å². The highest BCUT2D eigenvalue weighted by Crippen LogP contribution is 2.34. The van der Waals surface area contributed by atoms with Crippen LogP contribution in [-0.4, -0.2) is 30.8 Å². The van der Waals surface area contributed by atoms with Crippen LogP contribution < -0.4 is 5.73 Å². The Kier molecular flexibility index (Phi) is 6.71. The predicted molar refractivity (Wildman–Crippen MR) is 87.4 cm³/mol. The van der Waals surface area contributed by atoms with Crippen molar-refractivity contribution in [3.05, 3.63) is 34.9 Å². The van der Waals surface area contributed by atoms with E-state index < -0.39 is 34.1 Å². The molecule has 0 unspecified atom stereocenters. The van der Waals surface area contributed by atoms with Crippen molar-refractivity contribution in [3.63, 3.8) is 0 Å². The average Bonchev–Trinajstić information content (AvgIpc) is 2.44. The second-order valence-corrected chi connectivity index (χ2v) is 7.44. The Labute approximate surface area is 143 Å². The number of nitrogens with two attached hydrogens (primary N) is 1. The molecule has 24 heavy (non-hydrogen) atoms. The fraction of sp³-hybridized carbons (Fsp3) is 0.429. The van der Waals surface area contributed by atoms with Crippen LogP contribution in [0.25, 0.3) is 0 Å². The average molecular weight is 379 g/mol. The molecule has 2 N–H and O–H groups in total. The van der Waals surface area contributed by atoms with E-state index in [1.807, 2.05) is 0 Å². The minimum absolute atomic E-state index is 0.0219. The topological polar surface area (TPSA) is 87.2 Å². The summed E-state index contributed by atoms with van der Waals surface area (Å²) >= 11 is 4.65. The molecule has 0 aliphatic carbocycles. The van der Waals surface area contributed by atoms with E-state index in [4.69, 9.17) is 11.0 Å². The molecule has 0 saturated carbocycles. The zero-order valence-electron chi connectivity index (χ0n) is 12.8. The molecule has 1 rings (SSSR count). The summed E-state index contributed by atoms with van der Waals surface area (Å²) in [4.78, 5) is -0.131. The molecule has 5 nitrogen and oxygen atoms in total. The fourth-order valence-corrected chi connectivity index (χ4v) is 3.92. The van der Waals surface area contributed by atoms with E-state index in [-0.39, 0.29) is 29.1 Å². The fourth-order valence-electron chi connectivity index (χ4n) is 2.25. The van der Waals surface area contributed by atoms with E-state index in [0.717, 1.165) is 16.4 Å². The summed E-state index contributed by atoms with van der Waals surface area (Å²) in [7, 11) is -4.05. The first-order chi connectivity index (χ1) is 11.0. The molecule has 0 bridgehead atoms. The summed E-state index contributed by atoms with van der Waals surface area (Å²) in [6, 6.07) is 5.09. The number of hydrogen-bond acceptors (Lipinski definition) is 4. The molecule has 0 aliphatic heterocycles. The van der Waals surface area contributed by atoms with Gasteiger partial charge in [0.2, 0.25) is 10.0 Å². The number of alkyl halides is 3. The first kappa shape index (κ1) is 20.3. The van der Waals surface area contributed by atoms with Crippen LogP contribution in [0.1, 0.15) is 23.6 Å². The number of thiocarbonyl (C=S) groups is 1. The van der Waals surface area contributed by atoms with Gasteiger partial charge in [-0.3, -0.25) is 0 Å². The van der Waals surface area contributed by atoms with Crippen molar-refractivity contribution in [3.8, 4) is 6.07 Å². The van der Waals surface area contributed by atoms with Gasteiger partial charge >= 0.3 is 6.18 Å². The Morgan fingerprint density at radius 3 is 2.50 bits per heavy atom. The molecular weight excluding hydrogens is 363 g/mol. The molecule has 0 spiro atoms. The highest BCUT2D eigenvalue weighted by molar-refractivity contribution is 7.88. The maximum absolute atomic E-state index is 13.1. The van der Waals surface area contributed by atoms with Gasteiger partial charge in [-0.2, -0.15) is 22.7 Å². The highest BCUT2D eigenvalue weighted by atomic mass is 32.2. The van der Waals surface area contributed by atoms with Crippen molar-refractivity contribution in [1.29, 1.82) is 5.26 Å². The van der Waals surface area contributed by atoms with Gasteiger partial charge in [0, 0.05) is 0 Å². The molecule has 0 fully saturated rings. The highest BCUT2D eigenvalue weighted by Gasteiger charge is 2.34. The third-order valence-electron chi connectivity index (χ3n) is 3.24. The molecule has 0 amide bonds. The lowest BCUT2D eigenvalue weighted by Crippen LogP contribution is -2.38. The van der Waals surface area contributed by atoms with E-state index >= 15 is 0 Å². The predicted octanol–water partition coefficient (Wildman–Crippen LogP) is 2.21. The molecule has 132 valence electrons. The molecule has 0 heterocycles. The number of nitriles is 1. The number of sulfonamides is 1. The van der Waals surface area contributed by atoms with E-state index in [1.54, 1.807) is 6.07 Å². The Morgan fingerprint density at radius 1 is 1.42 bits per heavy atom. The number of halogens is 3. The lowest BCUT2D eigenvalue weighted by molar-refractivity contribution is -0.138. The molecule has 1 aromatic rings. The number of hydrogen-bond donors (Lipinski definition) is 1. The second-order valence-electron chi connectivity index (χ2n) is 4.94. The quantitative estimate of drug-likeness (QED) is 0.580. The maximum Gasteiger partial charge on any atom is 0.416 e. The molecule has 0 saturated heterocycles. The Balaban J connectivity index is 3.28. The van der Waals surface area contributed by atoms with Crippen LogP contribution in [0.15, 0.2) is 18.2 Å². The smallest absolute Gasteiger partial charge is 0.392 e. The van der Waals surface area contributed by atoms with Gasteiger partial charge in [-0.05, 0) is 23.6 Å². The van der Waals surface area contributed by atoms with Crippen molar-refractivity contribution in [1.82, 2.24) is 4.31 Å². The lowest BCUT2D eigenvalue weighted by Gasteiger charge is -2.21. The van der Waals surface area contributed by atoms with Gasteiger partial charge in [-0.1, -0.05) is 31.3 Å². The van der Waals surface area contributed by atoms with Gasteiger partial charge in [0.25, 0.3) is 0 Å². The van der Waals surface area contributed by atoms with Crippen molar-refractivity contribution in [2.75, 3.05) is 13.1 Å². The first-order valence-corrected chi connectivity index (χ1v) is 8.85. The number of rotatable bonds is 7. The SMILES string of the molecule is CCc1c(CS(=O)(=O)N(CC#N)CC(N)=S)cccc1C(F)(F)F. The van der Waals surface area contributed by atoms with Crippen molar-refractivity contribution >= 4 is 27.2 Å². The summed E-state index contributed by atoms with van der Waals surface area (Å²) in [5, 5.41) is 8.74. The van der Waals surface area contributed by atoms with E-state index in [9.17, 15) is 21.6 Å². The van der Waals surface area contributed by atoms with Crippen LogP contribution in [0.2, 0.25) is 0 Å². The maximum atomic E-state index is 13.1. The van der Waals surface area contributed by atoms with Crippen LogP contribution in [0.3, 0.4) is 0 Å². The summed E-state index contributed by atoms with van der Waals surface area (Å²) in [5.74, 6) is -0.662. The van der Waals surface area contributed by atoms with Crippen LogP contribution in [0.5, 0.6) is 0 Å². The minimum atomic E-state index is -4.57. The van der Waals surface area contributed by atoms with E-state index in [2.05, 4.69) is 12.2 Å². The number of benzene rings is 1. The summed E-state index contributed by atoms with van der Waals surface area (Å²) in [6.45, 7) is 0.689. The van der Waals surface area contributed by atoms with E-state index in [0.29, 0.717) is 0 Å². The van der Waals surface area contributed by atoms with Crippen LogP contribution in [0, 0.1) is 11.3 Å². The minimum Gasteiger partial charge on any atom is -0.392 e. The molecular formula is C14H16F3N3O2S2. The van der Waals surface area contributed by atoms with Gasteiger partial charge in [0.05, 0.1) is 28.9 Å². The van der Waals surface area contributed by atoms with Crippen molar-refractivity contribution in [2.24, 2.45) is 5.73 Å². The molecule has 0 radical (unpaired) electrons. The second kappa shape index (κ2) is 7.92. The summed E-state index contributed by atoms with van der Waals surface area (Å²) < 4.78 is 64.8. The molecule has 0 atom stereocenters. The van der Waals surface area contributed by atoms with Gasteiger partial charge in [0.15, 0.2) is 0 Å². The number of nitrogens with zero attached hydrogens (tertiary/aromatic N) is 2. The van der Waals surface area contributed by atoms with Gasteiger partial charge in [0.1, 0.15) is 6.54 Å².